The molecule has 6 heteroatoms. The van der Waals surface area contributed by atoms with Crippen molar-refractivity contribution in [3.05, 3.63) is 35.4 Å². The molecule has 2 aliphatic rings. The van der Waals surface area contributed by atoms with Gasteiger partial charge >= 0.3 is 0 Å². The van der Waals surface area contributed by atoms with Gasteiger partial charge < -0.3 is 14.2 Å². The number of alkyl halides is 1. The van der Waals surface area contributed by atoms with Crippen LogP contribution in [-0.2, 0) is 9.47 Å². The van der Waals surface area contributed by atoms with Crippen molar-refractivity contribution < 1.29 is 27.4 Å². The first-order valence-electron chi connectivity index (χ1n) is 9.19. The van der Waals surface area contributed by atoms with Crippen molar-refractivity contribution in [3.63, 3.8) is 0 Å². The van der Waals surface area contributed by atoms with Crippen LogP contribution in [0.4, 0.5) is 13.2 Å². The second kappa shape index (κ2) is 8.01. The molecule has 1 heterocycles. The van der Waals surface area contributed by atoms with E-state index in [2.05, 4.69) is 0 Å². The third-order valence-corrected chi connectivity index (χ3v) is 5.18. The van der Waals surface area contributed by atoms with E-state index in [-0.39, 0.29) is 37.1 Å². The zero-order chi connectivity index (χ0) is 18.7. The Morgan fingerprint density at radius 2 is 1.88 bits per heavy atom. The number of ether oxygens (including phenoxy) is 3. The molecule has 0 aromatic heterocycles. The highest BCUT2D eigenvalue weighted by atomic mass is 19.2. The first-order chi connectivity index (χ1) is 12.5. The molecule has 1 atom stereocenters. The highest BCUT2D eigenvalue weighted by Crippen LogP contribution is 2.37. The molecule has 144 valence electrons. The quantitative estimate of drug-likeness (QED) is 0.727. The van der Waals surface area contributed by atoms with Gasteiger partial charge in [0.1, 0.15) is 0 Å². The predicted molar refractivity (Wildman–Crippen MR) is 92.7 cm³/mol. The number of halogens is 3. The molecule has 3 nitrogen and oxygen atoms in total. The zero-order valence-corrected chi connectivity index (χ0v) is 15.2. The summed E-state index contributed by atoms with van der Waals surface area (Å²) in [5.41, 5.74) is -0.372. The molecule has 0 N–H and O–H groups in total. The van der Waals surface area contributed by atoms with Crippen LogP contribution in [-0.4, -0.2) is 31.8 Å². The van der Waals surface area contributed by atoms with E-state index in [0.717, 1.165) is 12.0 Å². The lowest BCUT2D eigenvalue weighted by atomic mass is 9.85. The van der Waals surface area contributed by atoms with Gasteiger partial charge in [-0.25, -0.2) is 8.78 Å². The second-order valence-corrected chi connectivity index (χ2v) is 6.93. The van der Waals surface area contributed by atoms with E-state index in [4.69, 9.17) is 14.2 Å². The minimum absolute atomic E-state index is 0.0416. The summed E-state index contributed by atoms with van der Waals surface area (Å²) in [6.07, 6.45) is 3.75. The number of rotatable bonds is 5. The maximum atomic E-state index is 14.4. The van der Waals surface area contributed by atoms with Crippen LogP contribution in [0.1, 0.15) is 45.1 Å². The molecule has 1 fully saturated rings. The van der Waals surface area contributed by atoms with Crippen LogP contribution in [0.3, 0.4) is 0 Å². The lowest BCUT2D eigenvalue weighted by molar-refractivity contribution is -0.253. The number of allylic oxidation sites excluding steroid dienone is 2. The highest BCUT2D eigenvalue weighted by Gasteiger charge is 2.38. The Morgan fingerprint density at radius 1 is 1.15 bits per heavy atom. The molecule has 0 bridgehead atoms. The van der Waals surface area contributed by atoms with E-state index < -0.39 is 23.6 Å². The largest absolute Gasteiger partial charge is 0.491 e. The van der Waals surface area contributed by atoms with Crippen LogP contribution >= 0.6 is 0 Å². The van der Waals surface area contributed by atoms with Gasteiger partial charge in [0.25, 0.3) is 0 Å². The summed E-state index contributed by atoms with van der Waals surface area (Å²) in [5, 5.41) is 0. The summed E-state index contributed by atoms with van der Waals surface area (Å²) in [5.74, 6) is -1.81. The molecule has 3 rings (SSSR count). The minimum atomic E-state index is -1.41. The van der Waals surface area contributed by atoms with Crippen molar-refractivity contribution in [3.8, 4) is 5.75 Å². The van der Waals surface area contributed by atoms with E-state index in [1.807, 2.05) is 6.08 Å². The molecule has 0 radical (unpaired) electrons. The maximum absolute atomic E-state index is 14.4. The maximum Gasteiger partial charge on any atom is 0.201 e. The monoisotopic (exact) mass is 370 g/mol. The Kier molecular flexibility index (Phi) is 5.92. The first-order valence-corrected chi connectivity index (χ1v) is 9.19. The molecule has 1 aliphatic carbocycles. The zero-order valence-electron chi connectivity index (χ0n) is 15.2. The summed E-state index contributed by atoms with van der Waals surface area (Å²) >= 11 is 0. The van der Waals surface area contributed by atoms with Crippen LogP contribution in [0.5, 0.6) is 5.75 Å². The standard InChI is InChI=1S/C20H25F3O3/c1-3-20(23)11-25-19(26-12-20)14-7-5-13(6-8-14)15-9-10-16(24-4-2)18(22)17(15)21/h5,9-10,14,19H,3-4,6-8,11-12H2,1-2H3. The Balaban J connectivity index is 1.66. The molecule has 1 aromatic rings. The fraction of sp³-hybridized carbons (Fsp3) is 0.600. The van der Waals surface area contributed by atoms with Gasteiger partial charge in [0.05, 0.1) is 19.8 Å². The van der Waals surface area contributed by atoms with Crippen molar-refractivity contribution in [1.29, 1.82) is 0 Å². The van der Waals surface area contributed by atoms with E-state index >= 15 is 0 Å². The van der Waals surface area contributed by atoms with Gasteiger partial charge in [-0.15, -0.1) is 0 Å². The van der Waals surface area contributed by atoms with Crippen LogP contribution in [0.25, 0.3) is 5.57 Å². The summed E-state index contributed by atoms with van der Waals surface area (Å²) in [7, 11) is 0. The van der Waals surface area contributed by atoms with Gasteiger partial charge in [-0.05, 0) is 50.3 Å². The van der Waals surface area contributed by atoms with Gasteiger partial charge in [0, 0.05) is 11.5 Å². The average Bonchev–Trinajstić information content (AvgIpc) is 2.67. The summed E-state index contributed by atoms with van der Waals surface area (Å²) in [6, 6.07) is 3.02. The third kappa shape index (κ3) is 3.91. The molecule has 0 amide bonds. The molecule has 0 spiro atoms. The molecule has 1 unspecified atom stereocenters. The smallest absolute Gasteiger partial charge is 0.201 e. The van der Waals surface area contributed by atoms with E-state index in [0.29, 0.717) is 19.3 Å². The van der Waals surface area contributed by atoms with Crippen LogP contribution in [0.15, 0.2) is 18.2 Å². The van der Waals surface area contributed by atoms with E-state index in [1.165, 1.54) is 6.07 Å². The van der Waals surface area contributed by atoms with Crippen molar-refractivity contribution in [1.82, 2.24) is 0 Å². The Morgan fingerprint density at radius 3 is 2.46 bits per heavy atom. The SMILES string of the molecule is CCOc1ccc(C2=CCC(C3OCC(F)(CC)CO3)CC2)c(F)c1F. The molecule has 1 aromatic carbocycles. The molecule has 0 saturated carbocycles. The van der Waals surface area contributed by atoms with Crippen LogP contribution in [0.2, 0.25) is 0 Å². The Hall–Kier alpha value is -1.53. The number of hydrogen-bond acceptors (Lipinski definition) is 3. The lowest BCUT2D eigenvalue weighted by Gasteiger charge is -2.38. The van der Waals surface area contributed by atoms with Crippen molar-refractivity contribution in [2.45, 2.75) is 51.5 Å². The van der Waals surface area contributed by atoms with Gasteiger partial charge in [-0.1, -0.05) is 13.0 Å². The fourth-order valence-electron chi connectivity index (χ4n) is 3.42. The highest BCUT2D eigenvalue weighted by molar-refractivity contribution is 5.67. The summed E-state index contributed by atoms with van der Waals surface area (Å²) in [4.78, 5) is 0. The van der Waals surface area contributed by atoms with E-state index in [9.17, 15) is 13.2 Å². The van der Waals surface area contributed by atoms with Gasteiger partial charge in [0.15, 0.2) is 23.5 Å². The Labute approximate surface area is 152 Å². The number of benzene rings is 1. The number of hydrogen-bond donors (Lipinski definition) is 0. The van der Waals surface area contributed by atoms with Crippen LogP contribution < -0.4 is 4.74 Å². The van der Waals surface area contributed by atoms with Gasteiger partial charge in [-0.2, -0.15) is 4.39 Å². The molecule has 1 saturated heterocycles. The Bertz CT molecular complexity index is 667. The van der Waals surface area contributed by atoms with Gasteiger partial charge in [0.2, 0.25) is 5.82 Å². The van der Waals surface area contributed by atoms with Gasteiger partial charge in [-0.3, -0.25) is 0 Å². The minimum Gasteiger partial charge on any atom is -0.491 e. The lowest BCUT2D eigenvalue weighted by Crippen LogP contribution is -2.46. The molecular weight excluding hydrogens is 345 g/mol. The van der Waals surface area contributed by atoms with Crippen molar-refractivity contribution >= 4 is 5.57 Å². The summed E-state index contributed by atoms with van der Waals surface area (Å²) in [6.45, 7) is 3.85. The normalized spacial score (nSPS) is 29.3. The molecular formula is C20H25F3O3. The fourth-order valence-corrected chi connectivity index (χ4v) is 3.42. The van der Waals surface area contributed by atoms with Crippen molar-refractivity contribution in [2.24, 2.45) is 5.92 Å². The predicted octanol–water partition coefficient (Wildman–Crippen LogP) is 5.04. The third-order valence-electron chi connectivity index (χ3n) is 5.18. The topological polar surface area (TPSA) is 27.7 Å². The molecule has 1 aliphatic heterocycles. The van der Waals surface area contributed by atoms with Crippen LogP contribution in [0, 0.1) is 17.6 Å². The average molecular weight is 370 g/mol. The first kappa shape index (κ1) is 19.2. The van der Waals surface area contributed by atoms with E-state index in [1.54, 1.807) is 19.9 Å². The molecule has 26 heavy (non-hydrogen) atoms. The van der Waals surface area contributed by atoms with Crippen molar-refractivity contribution in [2.75, 3.05) is 19.8 Å². The second-order valence-electron chi connectivity index (χ2n) is 6.93. The summed E-state index contributed by atoms with van der Waals surface area (Å²) < 4.78 is 58.8.